The largest absolute Gasteiger partial charge is 0.387 e. The number of carbonyl (C=O) groups is 1. The van der Waals surface area contributed by atoms with Gasteiger partial charge in [0.1, 0.15) is 5.84 Å². The lowest BCUT2D eigenvalue weighted by Crippen LogP contribution is -2.34. The number of amides is 1. The number of nitrogens with zero attached hydrogens (tertiary/aromatic N) is 2. The molecule has 1 aliphatic rings. The van der Waals surface area contributed by atoms with E-state index in [4.69, 9.17) is 10.5 Å². The summed E-state index contributed by atoms with van der Waals surface area (Å²) in [6.45, 7) is 5.59. The number of fused-ring (bicyclic) bond motifs is 1. The fourth-order valence-electron chi connectivity index (χ4n) is 3.67. The van der Waals surface area contributed by atoms with Crippen LogP contribution in [0, 0.1) is 4.78 Å². The van der Waals surface area contributed by atoms with Crippen molar-refractivity contribution in [2.24, 2.45) is 10.7 Å². The molecule has 2 aromatic carbocycles. The summed E-state index contributed by atoms with van der Waals surface area (Å²) in [5.41, 5.74) is 10.3. The van der Waals surface area contributed by atoms with Crippen LogP contribution < -0.4 is 5.73 Å². The van der Waals surface area contributed by atoms with E-state index in [2.05, 4.69) is 18.8 Å². The Labute approximate surface area is 184 Å². The summed E-state index contributed by atoms with van der Waals surface area (Å²) in [6, 6.07) is 13.0. The van der Waals surface area contributed by atoms with Gasteiger partial charge in [0.15, 0.2) is 0 Å². The quantitative estimate of drug-likeness (QED) is 0.648. The summed E-state index contributed by atoms with van der Waals surface area (Å²) >= 11 is 0. The summed E-state index contributed by atoms with van der Waals surface area (Å²) in [7, 11) is -2.74. The first-order valence-electron chi connectivity index (χ1n) is 10.5. The van der Waals surface area contributed by atoms with E-state index in [1.54, 1.807) is 12.1 Å². The average Bonchev–Trinajstić information content (AvgIpc) is 2.90. The van der Waals surface area contributed by atoms with Crippen LogP contribution in [-0.2, 0) is 14.5 Å². The second-order valence-electron chi connectivity index (χ2n) is 7.88. The van der Waals surface area contributed by atoms with Gasteiger partial charge in [0.25, 0.3) is 0 Å². The van der Waals surface area contributed by atoms with Crippen molar-refractivity contribution in [2.75, 3.05) is 19.3 Å². The van der Waals surface area contributed by atoms with Crippen LogP contribution in [0.4, 0.5) is 5.69 Å². The van der Waals surface area contributed by atoms with Gasteiger partial charge in [-0.25, -0.2) is 14.0 Å². The van der Waals surface area contributed by atoms with Gasteiger partial charge >= 0.3 is 0 Å². The zero-order chi connectivity index (χ0) is 22.6. The van der Waals surface area contributed by atoms with Crippen molar-refractivity contribution in [1.82, 2.24) is 4.90 Å². The molecule has 1 amide bonds. The van der Waals surface area contributed by atoms with Crippen LogP contribution in [-0.4, -0.2) is 40.2 Å². The third-order valence-corrected chi connectivity index (χ3v) is 6.35. The third kappa shape index (κ3) is 5.41. The van der Waals surface area contributed by atoms with Gasteiger partial charge in [-0.2, -0.15) is 0 Å². The van der Waals surface area contributed by atoms with Crippen molar-refractivity contribution in [1.29, 1.82) is 4.78 Å². The molecule has 31 heavy (non-hydrogen) atoms. The molecule has 2 aromatic rings. The van der Waals surface area contributed by atoms with Gasteiger partial charge in [-0.1, -0.05) is 38.1 Å². The molecule has 0 radical (unpaired) electrons. The number of aliphatic imine (C=N–C) groups is 1. The van der Waals surface area contributed by atoms with Gasteiger partial charge in [0.05, 0.1) is 15.4 Å². The summed E-state index contributed by atoms with van der Waals surface area (Å²) in [4.78, 5) is 20.0. The fourth-order valence-corrected chi connectivity index (χ4v) is 4.33. The molecule has 3 N–H and O–H groups in total. The van der Waals surface area contributed by atoms with E-state index in [9.17, 15) is 9.00 Å². The van der Waals surface area contributed by atoms with E-state index in [1.165, 1.54) is 6.26 Å². The van der Waals surface area contributed by atoms with Crippen LogP contribution in [0.3, 0.4) is 0 Å². The molecule has 164 valence electrons. The predicted octanol–water partition coefficient (Wildman–Crippen LogP) is 4.81. The lowest BCUT2D eigenvalue weighted by Gasteiger charge is -2.22. The molecule has 1 unspecified atom stereocenters. The Morgan fingerprint density at radius 2 is 1.71 bits per heavy atom. The van der Waals surface area contributed by atoms with Gasteiger partial charge in [0.2, 0.25) is 5.91 Å². The molecule has 0 aliphatic carbocycles. The number of benzene rings is 2. The molecule has 6 nitrogen and oxygen atoms in total. The Kier molecular flexibility index (Phi) is 6.95. The second-order valence-corrected chi connectivity index (χ2v) is 10.0. The van der Waals surface area contributed by atoms with Crippen molar-refractivity contribution in [3.05, 3.63) is 53.6 Å². The maximum Gasteiger partial charge on any atom is 0.250 e. The summed E-state index contributed by atoms with van der Waals surface area (Å²) in [5, 5.41) is 0. The molecule has 0 fully saturated rings. The van der Waals surface area contributed by atoms with Gasteiger partial charge in [0, 0.05) is 41.8 Å². The van der Waals surface area contributed by atoms with Gasteiger partial charge in [-0.3, -0.25) is 4.79 Å². The average molecular weight is 439 g/mol. The maximum absolute atomic E-state index is 13.1. The highest BCUT2D eigenvalue weighted by Gasteiger charge is 2.21. The van der Waals surface area contributed by atoms with Crippen LogP contribution in [0.2, 0.25) is 0 Å². The molecule has 1 atom stereocenters. The van der Waals surface area contributed by atoms with Crippen LogP contribution in [0.15, 0.2) is 57.9 Å². The normalized spacial score (nSPS) is 15.2. The second kappa shape index (κ2) is 9.47. The minimum atomic E-state index is -2.74. The molecule has 1 aliphatic heterocycles. The minimum Gasteiger partial charge on any atom is -0.387 e. The van der Waals surface area contributed by atoms with Crippen molar-refractivity contribution in [2.45, 2.75) is 38.0 Å². The number of nitrogens with one attached hydrogen (secondary N) is 1. The SMILES string of the molecule is CCCN(CCC)C(=O)C1=Cc2ccc(-c3ccc(S(C)(=N)=O)cc3)cc2N=C(N)C1. The molecule has 0 spiro atoms. The van der Waals surface area contributed by atoms with E-state index in [0.717, 1.165) is 48.3 Å². The molecule has 7 heteroatoms. The van der Waals surface area contributed by atoms with Crippen molar-refractivity contribution in [3.8, 4) is 11.1 Å². The monoisotopic (exact) mass is 438 g/mol. The zero-order valence-electron chi connectivity index (χ0n) is 18.4. The molecular weight excluding hydrogens is 408 g/mol. The van der Waals surface area contributed by atoms with Gasteiger partial charge in [-0.15, -0.1) is 0 Å². The predicted molar refractivity (Wildman–Crippen MR) is 128 cm³/mol. The van der Waals surface area contributed by atoms with Crippen LogP contribution in [0.5, 0.6) is 0 Å². The van der Waals surface area contributed by atoms with E-state index in [0.29, 0.717) is 22.7 Å². The number of amidine groups is 1. The topological polar surface area (TPSA) is 99.6 Å². The number of nitrogens with two attached hydrogens (primary N) is 1. The molecule has 1 heterocycles. The number of hydrogen-bond donors (Lipinski definition) is 2. The lowest BCUT2D eigenvalue weighted by molar-refractivity contribution is -0.127. The first-order chi connectivity index (χ1) is 14.7. The zero-order valence-corrected chi connectivity index (χ0v) is 19.2. The lowest BCUT2D eigenvalue weighted by atomic mass is 10.0. The molecule has 0 bridgehead atoms. The molecule has 3 rings (SSSR count). The molecular formula is C24H30N4O2S. The van der Waals surface area contributed by atoms with Crippen LogP contribution in [0.1, 0.15) is 38.7 Å². The third-order valence-electron chi connectivity index (χ3n) is 5.18. The van der Waals surface area contributed by atoms with E-state index >= 15 is 0 Å². The van der Waals surface area contributed by atoms with Crippen molar-refractivity contribution in [3.63, 3.8) is 0 Å². The highest BCUT2D eigenvalue weighted by atomic mass is 32.2. The Balaban J connectivity index is 1.96. The summed E-state index contributed by atoms with van der Waals surface area (Å²) in [5.74, 6) is 0.437. The highest BCUT2D eigenvalue weighted by molar-refractivity contribution is 7.91. The number of hydrogen-bond acceptors (Lipinski definition) is 5. The smallest absolute Gasteiger partial charge is 0.250 e. The number of carbonyl (C=O) groups excluding carboxylic acids is 1. The Morgan fingerprint density at radius 3 is 2.29 bits per heavy atom. The number of rotatable bonds is 7. The minimum absolute atomic E-state index is 0.0212. The van der Waals surface area contributed by atoms with Gasteiger partial charge in [-0.05, 0) is 48.2 Å². The maximum atomic E-state index is 13.1. The standard InChI is InChI=1S/C24H30N4O2S/c1-4-12-28(13-5-2)24(29)20-14-19-7-6-18(15-22(19)27-23(25)16-20)17-8-10-21(11-9-17)31(3,26)30/h6-11,14-15,26H,4-5,12-13,16H2,1-3H3,(H2,25,27). The van der Waals surface area contributed by atoms with Crippen LogP contribution >= 0.6 is 0 Å². The first-order valence-corrected chi connectivity index (χ1v) is 12.5. The van der Waals surface area contributed by atoms with E-state index in [1.807, 2.05) is 41.3 Å². The fraction of sp³-hybridized carbons (Fsp3) is 0.333. The van der Waals surface area contributed by atoms with E-state index < -0.39 is 9.73 Å². The van der Waals surface area contributed by atoms with Crippen LogP contribution in [0.25, 0.3) is 17.2 Å². The Hall–Kier alpha value is -2.93. The van der Waals surface area contributed by atoms with Crippen molar-refractivity contribution < 1.29 is 9.00 Å². The Morgan fingerprint density at radius 1 is 1.10 bits per heavy atom. The summed E-state index contributed by atoms with van der Waals surface area (Å²) in [6.07, 6.45) is 5.46. The first kappa shape index (κ1) is 22.7. The summed E-state index contributed by atoms with van der Waals surface area (Å²) < 4.78 is 19.6. The molecule has 0 saturated carbocycles. The molecule has 0 saturated heterocycles. The van der Waals surface area contributed by atoms with Gasteiger partial charge < -0.3 is 10.6 Å². The Bertz CT molecular complexity index is 1130. The highest BCUT2D eigenvalue weighted by Crippen LogP contribution is 2.32. The molecule has 0 aromatic heterocycles. The van der Waals surface area contributed by atoms with E-state index in [-0.39, 0.29) is 5.91 Å². The van der Waals surface area contributed by atoms with Crippen molar-refractivity contribution >= 4 is 33.2 Å².